The first kappa shape index (κ1) is 12.8. The van der Waals surface area contributed by atoms with Gasteiger partial charge in [-0.3, -0.25) is 4.79 Å². The van der Waals surface area contributed by atoms with Crippen molar-refractivity contribution >= 4 is 15.7 Å². The maximum atomic E-state index is 11.7. The van der Waals surface area contributed by atoms with Crippen LogP contribution < -0.4 is 5.32 Å². The lowest BCUT2D eigenvalue weighted by Gasteiger charge is -2.17. The molecule has 0 aromatic rings. The third-order valence-electron chi connectivity index (χ3n) is 3.52. The minimum absolute atomic E-state index is 0.105. The van der Waals surface area contributed by atoms with Gasteiger partial charge in [-0.1, -0.05) is 0 Å². The number of hydrogen-bond acceptors (Lipinski definition) is 4. The highest BCUT2D eigenvalue weighted by Gasteiger charge is 2.30. The van der Waals surface area contributed by atoms with Crippen molar-refractivity contribution in [2.75, 3.05) is 31.6 Å². The number of sulfone groups is 1. The van der Waals surface area contributed by atoms with Crippen molar-refractivity contribution < 1.29 is 13.2 Å². The molecule has 6 heteroatoms. The van der Waals surface area contributed by atoms with Crippen molar-refractivity contribution in [3.8, 4) is 0 Å². The number of likely N-dealkylation sites (N-methyl/N-ethyl adjacent to an activating group) is 1. The lowest BCUT2D eigenvalue weighted by atomic mass is 10.1. The maximum Gasteiger partial charge on any atom is 0.236 e. The van der Waals surface area contributed by atoms with E-state index in [1.165, 1.54) is 0 Å². The molecule has 1 atom stereocenters. The SMILES string of the molecule is CN(C(=O)CNCC1CCS(=O)(=O)C1)C1CC1. The molecule has 1 saturated carbocycles. The van der Waals surface area contributed by atoms with E-state index in [4.69, 9.17) is 0 Å². The van der Waals surface area contributed by atoms with Crippen LogP contribution in [0.15, 0.2) is 0 Å². The fourth-order valence-electron chi connectivity index (χ4n) is 2.21. The summed E-state index contributed by atoms with van der Waals surface area (Å²) in [5, 5.41) is 3.07. The molecule has 1 N–H and O–H groups in total. The molecule has 98 valence electrons. The fourth-order valence-corrected chi connectivity index (χ4v) is 4.07. The molecular weight excluding hydrogens is 240 g/mol. The Bertz CT molecular complexity index is 390. The molecular formula is C11H20N2O3S. The molecule has 5 nitrogen and oxygen atoms in total. The largest absolute Gasteiger partial charge is 0.342 e. The quantitative estimate of drug-likeness (QED) is 0.732. The van der Waals surface area contributed by atoms with Crippen molar-refractivity contribution in [1.29, 1.82) is 0 Å². The first-order valence-electron chi connectivity index (χ1n) is 6.15. The average Bonchev–Trinajstić information content (AvgIpc) is 3.03. The Morgan fingerprint density at radius 1 is 1.35 bits per heavy atom. The number of nitrogens with zero attached hydrogens (tertiary/aromatic N) is 1. The van der Waals surface area contributed by atoms with Crippen LogP contribution in [0.2, 0.25) is 0 Å². The smallest absolute Gasteiger partial charge is 0.236 e. The number of hydrogen-bond donors (Lipinski definition) is 1. The molecule has 1 unspecified atom stereocenters. The molecule has 1 aliphatic carbocycles. The van der Waals surface area contributed by atoms with E-state index >= 15 is 0 Å². The zero-order valence-electron chi connectivity index (χ0n) is 10.2. The molecule has 0 bridgehead atoms. The van der Waals surface area contributed by atoms with E-state index in [1.54, 1.807) is 4.90 Å². The van der Waals surface area contributed by atoms with Gasteiger partial charge >= 0.3 is 0 Å². The van der Waals surface area contributed by atoms with Gasteiger partial charge in [-0.15, -0.1) is 0 Å². The highest BCUT2D eigenvalue weighted by atomic mass is 32.2. The van der Waals surface area contributed by atoms with Crippen LogP contribution in [-0.4, -0.2) is 56.9 Å². The number of nitrogens with one attached hydrogen (secondary N) is 1. The lowest BCUT2D eigenvalue weighted by molar-refractivity contribution is -0.129. The van der Waals surface area contributed by atoms with Gasteiger partial charge in [-0.2, -0.15) is 0 Å². The summed E-state index contributed by atoms with van der Waals surface area (Å²) in [6, 6.07) is 0.441. The van der Waals surface area contributed by atoms with Gasteiger partial charge in [0.05, 0.1) is 18.1 Å². The summed E-state index contributed by atoms with van der Waals surface area (Å²) in [4.78, 5) is 13.5. The Hall–Kier alpha value is -0.620. The number of amides is 1. The second-order valence-electron chi connectivity index (χ2n) is 5.14. The number of carbonyl (C=O) groups is 1. The van der Waals surface area contributed by atoms with E-state index in [1.807, 2.05) is 7.05 Å². The summed E-state index contributed by atoms with van der Waals surface area (Å²) < 4.78 is 22.5. The van der Waals surface area contributed by atoms with E-state index in [0.29, 0.717) is 24.9 Å². The van der Waals surface area contributed by atoms with Crippen LogP contribution in [0.1, 0.15) is 19.3 Å². The first-order chi connectivity index (χ1) is 7.98. The normalized spacial score (nSPS) is 27.0. The summed E-state index contributed by atoms with van der Waals surface area (Å²) in [5.41, 5.74) is 0. The maximum absolute atomic E-state index is 11.7. The monoisotopic (exact) mass is 260 g/mol. The Balaban J connectivity index is 1.64. The topological polar surface area (TPSA) is 66.5 Å². The minimum atomic E-state index is -2.80. The molecule has 0 radical (unpaired) electrons. The van der Waals surface area contributed by atoms with Crippen LogP contribution in [0.3, 0.4) is 0 Å². The number of carbonyl (C=O) groups excluding carboxylic acids is 1. The fraction of sp³-hybridized carbons (Fsp3) is 0.909. The van der Waals surface area contributed by atoms with E-state index in [2.05, 4.69) is 5.32 Å². The first-order valence-corrected chi connectivity index (χ1v) is 7.97. The molecule has 1 aliphatic heterocycles. The van der Waals surface area contributed by atoms with Crippen molar-refractivity contribution in [2.24, 2.45) is 5.92 Å². The van der Waals surface area contributed by atoms with Crippen molar-refractivity contribution in [3.63, 3.8) is 0 Å². The van der Waals surface area contributed by atoms with Gasteiger partial charge < -0.3 is 10.2 Å². The van der Waals surface area contributed by atoms with E-state index in [-0.39, 0.29) is 17.6 Å². The van der Waals surface area contributed by atoms with Gasteiger partial charge in [0, 0.05) is 13.1 Å². The molecule has 1 heterocycles. The molecule has 1 saturated heterocycles. The van der Waals surface area contributed by atoms with E-state index < -0.39 is 9.84 Å². The van der Waals surface area contributed by atoms with Gasteiger partial charge in [-0.05, 0) is 31.7 Å². The second-order valence-corrected chi connectivity index (χ2v) is 7.36. The third-order valence-corrected chi connectivity index (χ3v) is 5.36. The van der Waals surface area contributed by atoms with Gasteiger partial charge in [0.15, 0.2) is 9.84 Å². The van der Waals surface area contributed by atoms with E-state index in [9.17, 15) is 13.2 Å². The van der Waals surface area contributed by atoms with Gasteiger partial charge in [0.2, 0.25) is 5.91 Å². The Morgan fingerprint density at radius 3 is 2.59 bits per heavy atom. The van der Waals surface area contributed by atoms with Crippen molar-refractivity contribution in [3.05, 3.63) is 0 Å². The molecule has 0 spiro atoms. The molecule has 0 aromatic heterocycles. The van der Waals surface area contributed by atoms with Crippen molar-refractivity contribution in [1.82, 2.24) is 10.2 Å². The molecule has 2 fully saturated rings. The molecule has 2 rings (SSSR count). The molecule has 0 aromatic carbocycles. The van der Waals surface area contributed by atoms with Crippen molar-refractivity contribution in [2.45, 2.75) is 25.3 Å². The molecule has 2 aliphatic rings. The van der Waals surface area contributed by atoms with Crippen LogP contribution >= 0.6 is 0 Å². The standard InChI is InChI=1S/C11H20N2O3S/c1-13(10-2-3-10)11(14)7-12-6-9-4-5-17(15,16)8-9/h9-10,12H,2-8H2,1H3. The highest BCUT2D eigenvalue weighted by Crippen LogP contribution is 2.25. The summed E-state index contributed by atoms with van der Waals surface area (Å²) in [5.74, 6) is 0.856. The van der Waals surface area contributed by atoms with E-state index in [0.717, 1.165) is 19.3 Å². The predicted octanol–water partition coefficient (Wildman–Crippen LogP) is -0.368. The zero-order chi connectivity index (χ0) is 12.5. The molecule has 1 amide bonds. The average molecular weight is 260 g/mol. The van der Waals surface area contributed by atoms with Crippen LogP contribution in [0.4, 0.5) is 0 Å². The third kappa shape index (κ3) is 3.67. The van der Waals surface area contributed by atoms with Gasteiger partial charge in [0.1, 0.15) is 0 Å². The summed E-state index contributed by atoms with van der Waals surface area (Å²) >= 11 is 0. The summed E-state index contributed by atoms with van der Waals surface area (Å²) in [6.45, 7) is 0.951. The lowest BCUT2D eigenvalue weighted by Crippen LogP contribution is -2.38. The second kappa shape index (κ2) is 4.94. The predicted molar refractivity (Wildman–Crippen MR) is 65.4 cm³/mol. The Morgan fingerprint density at radius 2 is 2.06 bits per heavy atom. The van der Waals surface area contributed by atoms with Crippen LogP contribution in [0.5, 0.6) is 0 Å². The zero-order valence-corrected chi connectivity index (χ0v) is 11.0. The van der Waals surface area contributed by atoms with Crippen LogP contribution in [0.25, 0.3) is 0 Å². The van der Waals surface area contributed by atoms with Gasteiger partial charge in [0.25, 0.3) is 0 Å². The van der Waals surface area contributed by atoms with Crippen LogP contribution in [0, 0.1) is 5.92 Å². The number of rotatable bonds is 5. The Kier molecular flexibility index (Phi) is 3.73. The van der Waals surface area contributed by atoms with Gasteiger partial charge in [-0.25, -0.2) is 8.42 Å². The summed E-state index contributed by atoms with van der Waals surface area (Å²) in [7, 11) is -0.966. The summed E-state index contributed by atoms with van der Waals surface area (Å²) in [6.07, 6.45) is 2.95. The van der Waals surface area contributed by atoms with Crippen LogP contribution in [-0.2, 0) is 14.6 Å². The highest BCUT2D eigenvalue weighted by molar-refractivity contribution is 7.91. The Labute approximate surface area is 102 Å². The minimum Gasteiger partial charge on any atom is -0.342 e. The molecule has 17 heavy (non-hydrogen) atoms.